The molecule has 0 saturated carbocycles. The van der Waals surface area contributed by atoms with Crippen LogP contribution in [0.15, 0.2) is 24.3 Å². The molecule has 1 aromatic carbocycles. The van der Waals surface area contributed by atoms with Gasteiger partial charge >= 0.3 is 6.09 Å². The molecule has 0 saturated heterocycles. The van der Waals surface area contributed by atoms with Gasteiger partial charge in [0.15, 0.2) is 0 Å². The molecule has 0 fully saturated rings. The van der Waals surface area contributed by atoms with E-state index in [9.17, 15) is 19.2 Å². The number of unbranched alkanes of at least 4 members (excludes halogenated alkanes) is 1. The van der Waals surface area contributed by atoms with Gasteiger partial charge in [0.05, 0.1) is 12.4 Å². The third-order valence-electron chi connectivity index (χ3n) is 4.23. The molecule has 1 rings (SSSR count). The molecule has 0 bridgehead atoms. The number of carbonyl (C=O) groups is 4. The van der Waals surface area contributed by atoms with E-state index in [1.54, 1.807) is 26.8 Å². The van der Waals surface area contributed by atoms with Crippen LogP contribution < -0.4 is 21.5 Å². The molecule has 0 radical (unpaired) electrons. The Kier molecular flexibility index (Phi) is 13.1. The number of hydrazine groups is 1. The summed E-state index contributed by atoms with van der Waals surface area (Å²) in [6, 6.07) is 6.34. The van der Waals surface area contributed by atoms with Crippen LogP contribution in [0.5, 0.6) is 0 Å². The summed E-state index contributed by atoms with van der Waals surface area (Å²) in [5.74, 6) is -1.17. The van der Waals surface area contributed by atoms with E-state index in [0.29, 0.717) is 24.1 Å². The first-order valence-corrected chi connectivity index (χ1v) is 12.2. The summed E-state index contributed by atoms with van der Waals surface area (Å²) in [7, 11) is 0. The second-order valence-corrected chi connectivity index (χ2v) is 9.32. The summed E-state index contributed by atoms with van der Waals surface area (Å²) >= 11 is 0.697. The predicted molar refractivity (Wildman–Crippen MR) is 132 cm³/mol. The number of hydrogen-bond donors (Lipinski definition) is 4. The van der Waals surface area contributed by atoms with Crippen molar-refractivity contribution in [2.45, 2.75) is 65.5 Å². The standard InChI is InChI=1S/C23H36N4O6S/c1-6-8-13-32-14-18(25-21(30)33-23(3,4)5)20(29)26-27-22(31)34-15-19(28)24-17-12-10-9-11-16(17)7-2/h9-12,18H,6-8,13-15H2,1-5H3,(H,24,28)(H,25,30)(H,26,29)(H,27,31)/t18-/m0/s1. The molecule has 1 atom stereocenters. The Hall–Kier alpha value is -2.79. The van der Waals surface area contributed by atoms with Gasteiger partial charge in [0.2, 0.25) is 5.91 Å². The van der Waals surface area contributed by atoms with E-state index in [4.69, 9.17) is 9.47 Å². The number of benzene rings is 1. The number of thioether (sulfide) groups is 1. The highest BCUT2D eigenvalue weighted by Gasteiger charge is 2.25. The molecular formula is C23H36N4O6S. The quantitative estimate of drug-likeness (QED) is 0.272. The van der Waals surface area contributed by atoms with E-state index >= 15 is 0 Å². The fourth-order valence-corrected chi connectivity index (χ4v) is 3.04. The van der Waals surface area contributed by atoms with Crippen molar-refractivity contribution >= 4 is 40.6 Å². The molecule has 0 aliphatic rings. The van der Waals surface area contributed by atoms with Crippen LogP contribution >= 0.6 is 11.8 Å². The van der Waals surface area contributed by atoms with Crippen LogP contribution in [0.2, 0.25) is 0 Å². The molecule has 0 aliphatic heterocycles. The molecular weight excluding hydrogens is 460 g/mol. The number of aryl methyl sites for hydroxylation is 1. The number of hydrogen-bond acceptors (Lipinski definition) is 7. The first-order chi connectivity index (χ1) is 16.1. The van der Waals surface area contributed by atoms with Crippen LogP contribution in [0.4, 0.5) is 15.3 Å². The number of anilines is 1. The summed E-state index contributed by atoms with van der Waals surface area (Å²) in [6.45, 7) is 9.43. The number of para-hydroxylation sites is 1. The van der Waals surface area contributed by atoms with Crippen molar-refractivity contribution in [3.63, 3.8) is 0 Å². The topological polar surface area (TPSA) is 135 Å². The van der Waals surface area contributed by atoms with Crippen LogP contribution in [0, 0.1) is 0 Å². The third-order valence-corrected chi connectivity index (χ3v) is 5.00. The highest BCUT2D eigenvalue weighted by atomic mass is 32.2. The minimum absolute atomic E-state index is 0.0899. The second-order valence-electron chi connectivity index (χ2n) is 8.38. The zero-order valence-corrected chi connectivity index (χ0v) is 21.3. The van der Waals surface area contributed by atoms with Gasteiger partial charge in [-0.25, -0.2) is 4.79 Å². The lowest BCUT2D eigenvalue weighted by Gasteiger charge is -2.23. The van der Waals surface area contributed by atoms with Crippen molar-refractivity contribution in [2.75, 3.05) is 24.3 Å². The molecule has 34 heavy (non-hydrogen) atoms. The first-order valence-electron chi connectivity index (χ1n) is 11.2. The van der Waals surface area contributed by atoms with E-state index in [1.165, 1.54) is 0 Å². The van der Waals surface area contributed by atoms with E-state index in [1.807, 2.05) is 32.0 Å². The summed E-state index contributed by atoms with van der Waals surface area (Å²) in [5.41, 5.74) is 5.41. The van der Waals surface area contributed by atoms with Crippen molar-refractivity contribution in [1.29, 1.82) is 0 Å². The Labute approximate surface area is 205 Å². The highest BCUT2D eigenvalue weighted by molar-refractivity contribution is 8.14. The molecule has 0 unspecified atom stereocenters. The van der Waals surface area contributed by atoms with Crippen molar-refractivity contribution in [3.05, 3.63) is 29.8 Å². The Balaban J connectivity index is 2.52. The molecule has 1 aromatic rings. The number of nitrogens with one attached hydrogen (secondary N) is 4. The number of carbonyl (C=O) groups excluding carboxylic acids is 4. The highest BCUT2D eigenvalue weighted by Crippen LogP contribution is 2.16. The Morgan fingerprint density at radius 3 is 2.41 bits per heavy atom. The first kappa shape index (κ1) is 29.2. The normalized spacial score (nSPS) is 11.8. The van der Waals surface area contributed by atoms with Crippen LogP contribution in [-0.2, 0) is 25.5 Å². The second kappa shape index (κ2) is 15.2. The summed E-state index contributed by atoms with van der Waals surface area (Å²) in [5, 5.41) is 4.58. The minimum atomic E-state index is -1.08. The molecule has 190 valence electrons. The largest absolute Gasteiger partial charge is 0.444 e. The SMILES string of the molecule is CCCCOC[C@H](NC(=O)OC(C)(C)C)C(=O)NNC(=O)SCC(=O)Nc1ccccc1CC. The minimum Gasteiger partial charge on any atom is -0.444 e. The number of rotatable bonds is 11. The van der Waals surface area contributed by atoms with Crippen molar-refractivity contribution in [1.82, 2.24) is 16.2 Å². The molecule has 4 N–H and O–H groups in total. The van der Waals surface area contributed by atoms with Gasteiger partial charge in [0, 0.05) is 12.3 Å². The van der Waals surface area contributed by atoms with Gasteiger partial charge in [-0.15, -0.1) is 0 Å². The Morgan fingerprint density at radius 1 is 1.06 bits per heavy atom. The smallest absolute Gasteiger partial charge is 0.408 e. The molecule has 0 aliphatic carbocycles. The van der Waals surface area contributed by atoms with Crippen LogP contribution in [-0.4, -0.2) is 53.8 Å². The Bertz CT molecular complexity index is 828. The summed E-state index contributed by atoms with van der Waals surface area (Å²) in [4.78, 5) is 48.8. The van der Waals surface area contributed by atoms with Gasteiger partial charge in [-0.05, 0) is 45.2 Å². The monoisotopic (exact) mass is 496 g/mol. The number of alkyl carbamates (subject to hydrolysis) is 1. The zero-order valence-electron chi connectivity index (χ0n) is 20.5. The fourth-order valence-electron chi connectivity index (χ4n) is 2.58. The van der Waals surface area contributed by atoms with E-state index < -0.39 is 28.9 Å². The maximum atomic E-state index is 12.5. The van der Waals surface area contributed by atoms with Crippen molar-refractivity contribution in [3.8, 4) is 0 Å². The Morgan fingerprint density at radius 2 is 1.76 bits per heavy atom. The van der Waals surface area contributed by atoms with Gasteiger partial charge in [-0.3, -0.25) is 25.2 Å². The van der Waals surface area contributed by atoms with E-state index in [-0.39, 0.29) is 18.3 Å². The number of ether oxygens (including phenoxy) is 2. The molecule has 0 aromatic heterocycles. The maximum Gasteiger partial charge on any atom is 0.408 e. The molecule has 4 amide bonds. The van der Waals surface area contributed by atoms with Crippen molar-refractivity contribution < 1.29 is 28.7 Å². The fraction of sp³-hybridized carbons (Fsp3) is 0.565. The maximum absolute atomic E-state index is 12.5. The zero-order chi connectivity index (χ0) is 25.6. The lowest BCUT2D eigenvalue weighted by Crippen LogP contribution is -2.54. The van der Waals surface area contributed by atoms with Gasteiger partial charge in [0.25, 0.3) is 11.1 Å². The van der Waals surface area contributed by atoms with Crippen LogP contribution in [0.25, 0.3) is 0 Å². The van der Waals surface area contributed by atoms with E-state index in [2.05, 4.69) is 21.5 Å². The van der Waals surface area contributed by atoms with Gasteiger partial charge < -0.3 is 20.1 Å². The molecule has 0 heterocycles. The van der Waals surface area contributed by atoms with Gasteiger partial charge in [-0.1, -0.05) is 50.2 Å². The molecule has 11 heteroatoms. The summed E-state index contributed by atoms with van der Waals surface area (Å²) < 4.78 is 10.6. The lowest BCUT2D eigenvalue weighted by molar-refractivity contribution is -0.125. The average Bonchev–Trinajstić information content (AvgIpc) is 2.77. The van der Waals surface area contributed by atoms with Crippen LogP contribution in [0.3, 0.4) is 0 Å². The molecule has 0 spiro atoms. The van der Waals surface area contributed by atoms with Gasteiger partial charge in [-0.2, -0.15) is 0 Å². The average molecular weight is 497 g/mol. The van der Waals surface area contributed by atoms with Crippen molar-refractivity contribution in [2.24, 2.45) is 0 Å². The third kappa shape index (κ3) is 12.4. The lowest BCUT2D eigenvalue weighted by atomic mass is 10.1. The summed E-state index contributed by atoms with van der Waals surface area (Å²) in [6.07, 6.45) is 1.70. The number of amides is 4. The van der Waals surface area contributed by atoms with Gasteiger partial charge in [0.1, 0.15) is 11.6 Å². The van der Waals surface area contributed by atoms with Crippen LogP contribution in [0.1, 0.15) is 53.0 Å². The predicted octanol–water partition coefficient (Wildman–Crippen LogP) is 3.37. The molecule has 10 nitrogen and oxygen atoms in total. The van der Waals surface area contributed by atoms with E-state index in [0.717, 1.165) is 24.8 Å².